The van der Waals surface area contributed by atoms with E-state index in [-0.39, 0.29) is 0 Å². The van der Waals surface area contributed by atoms with Crippen LogP contribution in [-0.2, 0) is 0 Å². The Morgan fingerprint density at radius 1 is 0.933 bits per heavy atom. The number of pyridine rings is 2. The molecule has 0 spiro atoms. The number of benzene rings is 1. The molecule has 0 saturated carbocycles. The maximum absolute atomic E-state index is 12.3. The van der Waals surface area contributed by atoms with Crippen LogP contribution in [0.2, 0.25) is 0 Å². The van der Waals surface area contributed by atoms with Crippen LogP contribution >= 0.6 is 11.3 Å². The minimum absolute atomic E-state index is 0.357. The van der Waals surface area contributed by atoms with Crippen molar-refractivity contribution in [1.29, 1.82) is 0 Å². The number of hydrogen-bond donors (Lipinski definition) is 2. The zero-order valence-corrected chi connectivity index (χ0v) is 16.7. The molecule has 3 aromatic heterocycles. The number of urea groups is 1. The molecule has 0 unspecified atom stereocenters. The van der Waals surface area contributed by atoms with Crippen LogP contribution in [0.1, 0.15) is 0 Å². The normalized spacial score (nSPS) is 10.3. The second-order valence-electron chi connectivity index (χ2n) is 5.98. The quantitative estimate of drug-likeness (QED) is 0.454. The fraction of sp³-hybridized carbons (Fsp3) is 0.0476. The van der Waals surface area contributed by atoms with E-state index in [1.54, 1.807) is 43.0 Å². The van der Waals surface area contributed by atoms with Crippen LogP contribution in [0.25, 0.3) is 10.6 Å². The predicted octanol–water partition coefficient (Wildman–Crippen LogP) is 5.05. The number of methoxy groups -OCH3 is 1. The van der Waals surface area contributed by atoms with Gasteiger partial charge in [0.1, 0.15) is 22.4 Å². The molecule has 8 nitrogen and oxygen atoms in total. The van der Waals surface area contributed by atoms with Gasteiger partial charge in [-0.25, -0.2) is 14.8 Å². The number of amides is 2. The van der Waals surface area contributed by atoms with Gasteiger partial charge in [0.15, 0.2) is 0 Å². The van der Waals surface area contributed by atoms with E-state index in [2.05, 4.69) is 25.6 Å². The Kier molecular flexibility index (Phi) is 5.81. The summed E-state index contributed by atoms with van der Waals surface area (Å²) in [6.45, 7) is 0. The minimum atomic E-state index is -0.455. The summed E-state index contributed by atoms with van der Waals surface area (Å²) < 4.78 is 10.8. The molecule has 9 heteroatoms. The molecule has 0 fully saturated rings. The van der Waals surface area contributed by atoms with Crippen LogP contribution in [0.4, 0.5) is 16.4 Å². The van der Waals surface area contributed by atoms with Gasteiger partial charge >= 0.3 is 6.03 Å². The third-order valence-corrected chi connectivity index (χ3v) is 4.76. The molecule has 0 aliphatic heterocycles. The average Bonchev–Trinajstić information content (AvgIpc) is 3.23. The van der Waals surface area contributed by atoms with E-state index in [9.17, 15) is 4.79 Å². The first-order chi connectivity index (χ1) is 14.7. The van der Waals surface area contributed by atoms with Crippen LogP contribution in [0, 0.1) is 0 Å². The Labute approximate surface area is 176 Å². The molecule has 4 aromatic rings. The second kappa shape index (κ2) is 9.01. The summed E-state index contributed by atoms with van der Waals surface area (Å²) in [7, 11) is 1.55. The van der Waals surface area contributed by atoms with Crippen LogP contribution in [0.3, 0.4) is 0 Å². The van der Waals surface area contributed by atoms with Gasteiger partial charge in [0.05, 0.1) is 7.11 Å². The van der Waals surface area contributed by atoms with Crippen molar-refractivity contribution in [2.45, 2.75) is 0 Å². The first kappa shape index (κ1) is 19.3. The number of ether oxygens (including phenoxy) is 2. The highest BCUT2D eigenvalue weighted by atomic mass is 32.1. The highest BCUT2D eigenvalue weighted by molar-refractivity contribution is 7.13. The van der Waals surface area contributed by atoms with Crippen molar-refractivity contribution in [3.8, 4) is 28.1 Å². The summed E-state index contributed by atoms with van der Waals surface area (Å²) in [5, 5.41) is 7.87. The van der Waals surface area contributed by atoms with Gasteiger partial charge in [-0.3, -0.25) is 10.6 Å². The Hall–Kier alpha value is -3.98. The number of nitrogens with one attached hydrogen (secondary N) is 2. The number of aromatic nitrogens is 3. The van der Waals surface area contributed by atoms with Crippen molar-refractivity contribution in [3.05, 3.63) is 72.2 Å². The number of nitrogens with zero attached hydrogens (tertiary/aromatic N) is 3. The summed E-state index contributed by atoms with van der Waals surface area (Å²) in [5.74, 6) is 2.32. The second-order valence-corrected chi connectivity index (χ2v) is 6.84. The van der Waals surface area contributed by atoms with Crippen molar-refractivity contribution < 1.29 is 14.3 Å². The van der Waals surface area contributed by atoms with Crippen LogP contribution in [0.15, 0.2) is 72.2 Å². The molecule has 3 heterocycles. The van der Waals surface area contributed by atoms with E-state index in [0.29, 0.717) is 29.1 Å². The molecular weight excluding hydrogens is 402 g/mol. The number of carbonyl (C=O) groups excluding carboxylic acids is 1. The monoisotopic (exact) mass is 419 g/mol. The Morgan fingerprint density at radius 2 is 1.77 bits per heavy atom. The smallest absolute Gasteiger partial charge is 0.326 e. The maximum atomic E-state index is 12.3. The van der Waals surface area contributed by atoms with Gasteiger partial charge in [0.25, 0.3) is 0 Å². The van der Waals surface area contributed by atoms with E-state index in [4.69, 9.17) is 9.47 Å². The zero-order chi connectivity index (χ0) is 20.8. The molecule has 1 aromatic carbocycles. The highest BCUT2D eigenvalue weighted by Gasteiger charge is 2.10. The van der Waals surface area contributed by atoms with Gasteiger partial charge in [0, 0.05) is 29.3 Å². The number of rotatable bonds is 6. The third-order valence-electron chi connectivity index (χ3n) is 3.87. The number of carbonyl (C=O) groups is 1. The molecular formula is C21H17N5O3S. The van der Waals surface area contributed by atoms with Crippen molar-refractivity contribution in [2.75, 3.05) is 17.7 Å². The van der Waals surface area contributed by atoms with Gasteiger partial charge in [-0.05, 0) is 24.3 Å². The molecule has 0 radical (unpaired) electrons. The number of thiazole rings is 1. The first-order valence-electron chi connectivity index (χ1n) is 8.93. The summed E-state index contributed by atoms with van der Waals surface area (Å²) in [6, 6.07) is 17.6. The number of hydrogen-bond acceptors (Lipinski definition) is 7. The van der Waals surface area contributed by atoms with Crippen LogP contribution in [-0.4, -0.2) is 28.1 Å². The Bertz CT molecular complexity index is 1150. The summed E-state index contributed by atoms with van der Waals surface area (Å²) in [5.41, 5.74) is 0.854. The molecule has 30 heavy (non-hydrogen) atoms. The lowest BCUT2D eigenvalue weighted by Crippen LogP contribution is -2.20. The first-order valence-corrected chi connectivity index (χ1v) is 9.81. The third kappa shape index (κ3) is 4.89. The van der Waals surface area contributed by atoms with Gasteiger partial charge in [-0.15, -0.1) is 11.3 Å². The molecule has 0 aliphatic carbocycles. The fourth-order valence-electron chi connectivity index (χ4n) is 2.53. The summed E-state index contributed by atoms with van der Waals surface area (Å²) in [4.78, 5) is 25.1. The highest BCUT2D eigenvalue weighted by Crippen LogP contribution is 2.27. The zero-order valence-electron chi connectivity index (χ0n) is 15.9. The standard InChI is InChI=1S/C21H17N5O3S/c1-28-19-12-14(10-11-22-19)20-24-17(13-30-20)26-21(27)25-16-8-5-9-18(23-16)29-15-6-3-2-4-7-15/h2-13H,1H3,(H2,23,25,26,27). The minimum Gasteiger partial charge on any atom is -0.481 e. The lowest BCUT2D eigenvalue weighted by molar-refractivity contribution is 0.262. The van der Waals surface area contributed by atoms with Crippen molar-refractivity contribution in [3.63, 3.8) is 0 Å². The van der Waals surface area contributed by atoms with E-state index >= 15 is 0 Å². The number of para-hydroxylation sites is 1. The van der Waals surface area contributed by atoms with E-state index in [1.807, 2.05) is 36.4 Å². The van der Waals surface area contributed by atoms with Gasteiger partial charge < -0.3 is 9.47 Å². The van der Waals surface area contributed by atoms with E-state index in [0.717, 1.165) is 10.6 Å². The van der Waals surface area contributed by atoms with Gasteiger partial charge in [0.2, 0.25) is 11.8 Å². The fourth-order valence-corrected chi connectivity index (χ4v) is 3.28. The molecule has 0 bridgehead atoms. The van der Waals surface area contributed by atoms with Gasteiger partial charge in [-0.1, -0.05) is 24.3 Å². The molecule has 4 rings (SSSR count). The molecule has 0 aliphatic rings. The lowest BCUT2D eigenvalue weighted by Gasteiger charge is -2.08. The molecule has 0 atom stereocenters. The molecule has 2 N–H and O–H groups in total. The van der Waals surface area contributed by atoms with E-state index in [1.165, 1.54) is 11.3 Å². The average molecular weight is 419 g/mol. The Balaban J connectivity index is 1.39. The molecule has 2 amide bonds. The van der Waals surface area contributed by atoms with Crippen LogP contribution < -0.4 is 20.1 Å². The summed E-state index contributed by atoms with van der Waals surface area (Å²) >= 11 is 1.40. The van der Waals surface area contributed by atoms with Crippen LogP contribution in [0.5, 0.6) is 17.5 Å². The number of anilines is 2. The van der Waals surface area contributed by atoms with Crippen molar-refractivity contribution in [1.82, 2.24) is 15.0 Å². The van der Waals surface area contributed by atoms with E-state index < -0.39 is 6.03 Å². The van der Waals surface area contributed by atoms with Crippen molar-refractivity contribution >= 4 is 29.0 Å². The SMILES string of the molecule is COc1cc(-c2nc(NC(=O)Nc3cccc(Oc4ccccc4)n3)cs2)ccn1. The predicted molar refractivity (Wildman–Crippen MR) is 115 cm³/mol. The van der Waals surface area contributed by atoms with Gasteiger partial charge in [-0.2, -0.15) is 4.98 Å². The molecule has 0 saturated heterocycles. The Morgan fingerprint density at radius 3 is 2.60 bits per heavy atom. The lowest BCUT2D eigenvalue weighted by atomic mass is 10.3. The maximum Gasteiger partial charge on any atom is 0.326 e. The largest absolute Gasteiger partial charge is 0.481 e. The molecule has 150 valence electrons. The topological polar surface area (TPSA) is 98.3 Å². The summed E-state index contributed by atoms with van der Waals surface area (Å²) in [6.07, 6.45) is 1.64. The van der Waals surface area contributed by atoms with Crippen molar-refractivity contribution in [2.24, 2.45) is 0 Å².